The molecule has 0 spiro atoms. The molecule has 3 rings (SSSR count). The smallest absolute Gasteiger partial charge is 0.295 e. The van der Waals surface area contributed by atoms with Crippen LogP contribution in [0.2, 0.25) is 0 Å². The highest BCUT2D eigenvalue weighted by Crippen LogP contribution is 2.31. The van der Waals surface area contributed by atoms with Crippen molar-refractivity contribution in [3.63, 3.8) is 0 Å². The zero-order valence-corrected chi connectivity index (χ0v) is 13.4. The molecule has 1 N–H and O–H groups in total. The number of carbonyl (C=O) groups excluding carboxylic acids is 1. The van der Waals surface area contributed by atoms with Gasteiger partial charge in [-0.2, -0.15) is 16.7 Å². The summed E-state index contributed by atoms with van der Waals surface area (Å²) >= 11 is 1.92. The van der Waals surface area contributed by atoms with Crippen molar-refractivity contribution in [1.82, 2.24) is 20.4 Å². The minimum atomic E-state index is -0.110. The highest BCUT2D eigenvalue weighted by molar-refractivity contribution is 8.00. The van der Waals surface area contributed by atoms with Crippen molar-refractivity contribution in [1.29, 1.82) is 0 Å². The highest BCUT2D eigenvalue weighted by atomic mass is 32.2. The molecular weight excluding hydrogens is 288 g/mol. The molecule has 3 heterocycles. The first kappa shape index (κ1) is 14.8. The Bertz CT molecular complexity index is 511. The molecule has 0 bridgehead atoms. The van der Waals surface area contributed by atoms with Crippen LogP contribution in [0.3, 0.4) is 0 Å². The monoisotopic (exact) mass is 310 g/mol. The van der Waals surface area contributed by atoms with E-state index in [0.29, 0.717) is 5.89 Å². The Balaban J connectivity index is 1.67. The molecule has 1 aromatic heterocycles. The number of thioether (sulfide) groups is 1. The topological polar surface area (TPSA) is 71.3 Å². The van der Waals surface area contributed by atoms with E-state index in [0.717, 1.165) is 44.6 Å². The van der Waals surface area contributed by atoms with E-state index < -0.39 is 0 Å². The largest absolute Gasteiger partial charge is 0.337 e. The summed E-state index contributed by atoms with van der Waals surface area (Å²) in [5.74, 6) is 1.58. The normalized spacial score (nSPS) is 25.8. The van der Waals surface area contributed by atoms with Crippen LogP contribution in [0.25, 0.3) is 0 Å². The van der Waals surface area contributed by atoms with E-state index in [2.05, 4.69) is 29.3 Å². The van der Waals surface area contributed by atoms with Crippen LogP contribution in [0, 0.1) is 0 Å². The van der Waals surface area contributed by atoms with Crippen molar-refractivity contribution >= 4 is 17.7 Å². The maximum atomic E-state index is 12.5. The Hall–Kier alpha value is -1.08. The lowest BCUT2D eigenvalue weighted by atomic mass is 10.1. The van der Waals surface area contributed by atoms with Gasteiger partial charge >= 0.3 is 0 Å². The number of hydrogen-bond acceptors (Lipinski definition) is 6. The maximum absolute atomic E-state index is 12.5. The first-order chi connectivity index (χ1) is 10.1. The van der Waals surface area contributed by atoms with Crippen LogP contribution in [0.1, 0.15) is 55.7 Å². The van der Waals surface area contributed by atoms with Crippen molar-refractivity contribution in [2.24, 2.45) is 0 Å². The molecule has 116 valence electrons. The standard InChI is InChI=1S/C14H22N4O2S/c1-14(2)5-7-18(8-9-21-14)13(19)11-16-12(20-17-11)10-4-3-6-15-10/h10,15H,3-9H2,1-2H3. The summed E-state index contributed by atoms with van der Waals surface area (Å²) in [4.78, 5) is 18.6. The average molecular weight is 310 g/mol. The molecule has 1 atom stereocenters. The van der Waals surface area contributed by atoms with Gasteiger partial charge in [-0.15, -0.1) is 0 Å². The number of nitrogens with one attached hydrogen (secondary N) is 1. The minimum absolute atomic E-state index is 0.109. The lowest BCUT2D eigenvalue weighted by Crippen LogP contribution is -2.34. The second kappa shape index (κ2) is 5.96. The molecule has 1 unspecified atom stereocenters. The van der Waals surface area contributed by atoms with E-state index in [9.17, 15) is 4.79 Å². The van der Waals surface area contributed by atoms with Crippen LogP contribution in [-0.4, -0.2) is 51.1 Å². The molecule has 6 nitrogen and oxygen atoms in total. The lowest BCUT2D eigenvalue weighted by Gasteiger charge is -2.21. The van der Waals surface area contributed by atoms with Crippen LogP contribution < -0.4 is 5.32 Å². The highest BCUT2D eigenvalue weighted by Gasteiger charge is 2.30. The fourth-order valence-electron chi connectivity index (χ4n) is 2.72. The number of hydrogen-bond donors (Lipinski definition) is 1. The number of rotatable bonds is 2. The summed E-state index contributed by atoms with van der Waals surface area (Å²) in [6.45, 7) is 6.92. The van der Waals surface area contributed by atoms with Crippen LogP contribution in [0.4, 0.5) is 0 Å². The molecule has 2 saturated heterocycles. The van der Waals surface area contributed by atoms with Crippen molar-refractivity contribution in [2.75, 3.05) is 25.4 Å². The maximum Gasteiger partial charge on any atom is 0.295 e. The Kier molecular flexibility index (Phi) is 4.21. The summed E-state index contributed by atoms with van der Waals surface area (Å²) in [6, 6.07) is 0.109. The van der Waals surface area contributed by atoms with Crippen LogP contribution in [0.15, 0.2) is 4.52 Å². The number of amides is 1. The van der Waals surface area contributed by atoms with Gasteiger partial charge in [-0.3, -0.25) is 4.79 Å². The molecule has 21 heavy (non-hydrogen) atoms. The van der Waals surface area contributed by atoms with Crippen LogP contribution in [-0.2, 0) is 0 Å². The van der Waals surface area contributed by atoms with Gasteiger partial charge in [-0.1, -0.05) is 19.0 Å². The Morgan fingerprint density at radius 2 is 2.33 bits per heavy atom. The molecule has 1 amide bonds. The fraction of sp³-hybridized carbons (Fsp3) is 0.786. The molecule has 2 fully saturated rings. The van der Waals surface area contributed by atoms with Gasteiger partial charge in [0.25, 0.3) is 11.7 Å². The number of nitrogens with zero attached hydrogens (tertiary/aromatic N) is 3. The molecule has 1 aromatic rings. The van der Waals surface area contributed by atoms with Crippen LogP contribution in [0.5, 0.6) is 0 Å². The summed E-state index contributed by atoms with van der Waals surface area (Å²) in [5.41, 5.74) is 0. The minimum Gasteiger partial charge on any atom is -0.337 e. The van der Waals surface area contributed by atoms with Gasteiger partial charge < -0.3 is 14.7 Å². The molecule has 0 aromatic carbocycles. The molecule has 0 radical (unpaired) electrons. The van der Waals surface area contributed by atoms with E-state index in [1.807, 2.05) is 16.7 Å². The van der Waals surface area contributed by atoms with E-state index >= 15 is 0 Å². The van der Waals surface area contributed by atoms with E-state index in [-0.39, 0.29) is 22.5 Å². The van der Waals surface area contributed by atoms with Crippen molar-refractivity contribution in [2.45, 2.75) is 43.9 Å². The second-order valence-electron chi connectivity index (χ2n) is 6.26. The van der Waals surface area contributed by atoms with Gasteiger partial charge in [0.1, 0.15) is 0 Å². The molecule has 0 saturated carbocycles. The summed E-state index contributed by atoms with van der Waals surface area (Å²) in [5, 5.41) is 7.18. The van der Waals surface area contributed by atoms with Crippen molar-refractivity contribution in [3.8, 4) is 0 Å². The summed E-state index contributed by atoms with van der Waals surface area (Å²) < 4.78 is 5.48. The van der Waals surface area contributed by atoms with Crippen LogP contribution >= 0.6 is 11.8 Å². The van der Waals surface area contributed by atoms with Gasteiger partial charge in [-0.25, -0.2) is 0 Å². The van der Waals surface area contributed by atoms with Gasteiger partial charge in [0.15, 0.2) is 0 Å². The number of aromatic nitrogens is 2. The molecule has 0 aliphatic carbocycles. The zero-order chi connectivity index (χ0) is 14.9. The van der Waals surface area contributed by atoms with E-state index in [1.54, 1.807) is 0 Å². The predicted molar refractivity (Wildman–Crippen MR) is 81.3 cm³/mol. The first-order valence-corrected chi connectivity index (χ1v) is 8.54. The molecule has 7 heteroatoms. The quantitative estimate of drug-likeness (QED) is 0.899. The average Bonchev–Trinajstić information content (AvgIpc) is 3.08. The SMILES string of the molecule is CC1(C)CCN(C(=O)c2noc(C3CCCN3)n2)CCS1. The first-order valence-electron chi connectivity index (χ1n) is 7.55. The molecular formula is C14H22N4O2S. The summed E-state index contributed by atoms with van der Waals surface area (Å²) in [6.07, 6.45) is 3.08. The van der Waals surface area contributed by atoms with Gasteiger partial charge in [-0.05, 0) is 25.8 Å². The second-order valence-corrected chi connectivity index (χ2v) is 8.06. The third kappa shape index (κ3) is 3.40. The molecule has 2 aliphatic heterocycles. The van der Waals surface area contributed by atoms with E-state index in [1.165, 1.54) is 0 Å². The van der Waals surface area contributed by atoms with Gasteiger partial charge in [0, 0.05) is 23.6 Å². The Morgan fingerprint density at radius 3 is 3.10 bits per heavy atom. The van der Waals surface area contributed by atoms with Gasteiger partial charge in [0.2, 0.25) is 5.89 Å². The number of carbonyl (C=O) groups is 1. The molecule has 2 aliphatic rings. The van der Waals surface area contributed by atoms with E-state index in [4.69, 9.17) is 4.52 Å². The zero-order valence-electron chi connectivity index (χ0n) is 12.6. The van der Waals surface area contributed by atoms with Gasteiger partial charge in [0.05, 0.1) is 6.04 Å². The third-order valence-electron chi connectivity index (χ3n) is 4.12. The van der Waals surface area contributed by atoms with Crippen molar-refractivity contribution < 1.29 is 9.32 Å². The lowest BCUT2D eigenvalue weighted by molar-refractivity contribution is 0.0749. The Morgan fingerprint density at radius 1 is 1.48 bits per heavy atom. The Labute approximate surface area is 129 Å². The summed E-state index contributed by atoms with van der Waals surface area (Å²) in [7, 11) is 0. The predicted octanol–water partition coefficient (Wildman–Crippen LogP) is 1.85. The third-order valence-corrected chi connectivity index (χ3v) is 5.49. The van der Waals surface area contributed by atoms with Crippen molar-refractivity contribution in [3.05, 3.63) is 11.7 Å². The fourth-order valence-corrected chi connectivity index (χ4v) is 3.82.